The van der Waals surface area contributed by atoms with Crippen LogP contribution in [0.3, 0.4) is 0 Å². The van der Waals surface area contributed by atoms with Crippen LogP contribution in [0.25, 0.3) is 0 Å². The molecule has 1 aliphatic rings. The summed E-state index contributed by atoms with van der Waals surface area (Å²) in [6, 6.07) is 6.20. The molecule has 0 bridgehead atoms. The smallest absolute Gasteiger partial charge is 0.303 e. The third-order valence-electron chi connectivity index (χ3n) is 3.86. The van der Waals surface area contributed by atoms with E-state index in [-0.39, 0.29) is 23.4 Å². The first kappa shape index (κ1) is 14.9. The molecule has 1 heterocycles. The van der Waals surface area contributed by atoms with Crippen molar-refractivity contribution in [2.24, 2.45) is 0 Å². The minimum absolute atomic E-state index is 0.0218. The van der Waals surface area contributed by atoms with E-state index in [1.165, 1.54) is 5.56 Å². The largest absolute Gasteiger partial charge is 0.488 e. The Morgan fingerprint density at radius 3 is 2.60 bits per heavy atom. The molecule has 1 unspecified atom stereocenters. The predicted octanol–water partition coefficient (Wildman–Crippen LogP) is 4.10. The lowest BCUT2D eigenvalue weighted by Crippen LogP contribution is -2.35. The van der Waals surface area contributed by atoms with E-state index in [1.807, 2.05) is 19.9 Å². The summed E-state index contributed by atoms with van der Waals surface area (Å²) < 4.78 is 6.01. The lowest BCUT2D eigenvalue weighted by atomic mass is 9.79. The Labute approximate surface area is 121 Å². The van der Waals surface area contributed by atoms with Crippen LogP contribution in [0.4, 0.5) is 0 Å². The minimum atomic E-state index is -0.750. The maximum atomic E-state index is 11.1. The first-order valence-electron chi connectivity index (χ1n) is 7.14. The van der Waals surface area contributed by atoms with E-state index in [9.17, 15) is 4.79 Å². The summed E-state index contributed by atoms with van der Waals surface area (Å²) in [4.78, 5) is 11.1. The van der Waals surface area contributed by atoms with Crippen LogP contribution in [-0.2, 0) is 10.2 Å². The van der Waals surface area contributed by atoms with Gasteiger partial charge in [-0.1, -0.05) is 32.9 Å². The zero-order valence-electron chi connectivity index (χ0n) is 13.0. The fourth-order valence-corrected chi connectivity index (χ4v) is 2.86. The monoisotopic (exact) mass is 276 g/mol. The fraction of sp³-hybridized carbons (Fsp3) is 0.588. The van der Waals surface area contributed by atoms with Crippen molar-refractivity contribution in [3.05, 3.63) is 29.3 Å². The van der Waals surface area contributed by atoms with Crippen LogP contribution < -0.4 is 4.74 Å². The van der Waals surface area contributed by atoms with Crippen molar-refractivity contribution in [1.29, 1.82) is 0 Å². The molecule has 1 aromatic rings. The number of carboxylic acids is 1. The summed E-state index contributed by atoms with van der Waals surface area (Å²) >= 11 is 0. The highest BCUT2D eigenvalue weighted by Gasteiger charge is 2.35. The number of benzene rings is 1. The Morgan fingerprint density at radius 1 is 1.40 bits per heavy atom. The van der Waals surface area contributed by atoms with Crippen LogP contribution in [0.15, 0.2) is 18.2 Å². The van der Waals surface area contributed by atoms with Gasteiger partial charge in [0, 0.05) is 5.92 Å². The molecule has 0 aromatic heterocycles. The Morgan fingerprint density at radius 2 is 2.05 bits per heavy atom. The van der Waals surface area contributed by atoms with Crippen LogP contribution in [0.5, 0.6) is 5.75 Å². The molecule has 1 aliphatic heterocycles. The van der Waals surface area contributed by atoms with E-state index in [1.54, 1.807) is 0 Å². The summed E-state index contributed by atoms with van der Waals surface area (Å²) in [5, 5.41) is 9.15. The number of ether oxygens (including phenoxy) is 1. The lowest BCUT2D eigenvalue weighted by Gasteiger charge is -2.38. The fourth-order valence-electron chi connectivity index (χ4n) is 2.86. The molecule has 3 heteroatoms. The molecule has 0 saturated heterocycles. The van der Waals surface area contributed by atoms with Crippen LogP contribution >= 0.6 is 0 Å². The highest BCUT2D eigenvalue weighted by atomic mass is 16.5. The van der Waals surface area contributed by atoms with Gasteiger partial charge in [0.15, 0.2) is 0 Å². The topological polar surface area (TPSA) is 46.5 Å². The van der Waals surface area contributed by atoms with Crippen molar-refractivity contribution in [2.75, 3.05) is 0 Å². The van der Waals surface area contributed by atoms with Gasteiger partial charge in [-0.2, -0.15) is 0 Å². The van der Waals surface area contributed by atoms with Gasteiger partial charge < -0.3 is 9.84 Å². The van der Waals surface area contributed by atoms with E-state index < -0.39 is 5.97 Å². The summed E-state index contributed by atoms with van der Waals surface area (Å²) in [7, 11) is 0. The molecule has 0 spiro atoms. The van der Waals surface area contributed by atoms with Gasteiger partial charge in [-0.3, -0.25) is 4.79 Å². The first-order chi connectivity index (χ1) is 9.08. The van der Waals surface area contributed by atoms with E-state index in [0.717, 1.165) is 17.7 Å². The molecule has 2 rings (SSSR count). The summed E-state index contributed by atoms with van der Waals surface area (Å²) in [6.07, 6.45) is 0.896. The molecule has 3 nitrogen and oxygen atoms in total. The number of hydrogen-bond donors (Lipinski definition) is 1. The quantitative estimate of drug-likeness (QED) is 0.884. The molecule has 0 fully saturated rings. The normalized spacial score (nSPS) is 20.9. The van der Waals surface area contributed by atoms with Crippen molar-refractivity contribution in [3.63, 3.8) is 0 Å². The number of hydrogen-bond acceptors (Lipinski definition) is 2. The third kappa shape index (κ3) is 3.14. The molecular formula is C17H24O3. The number of aliphatic carboxylic acids is 1. The second-order valence-electron chi connectivity index (χ2n) is 7.36. The lowest BCUT2D eigenvalue weighted by molar-refractivity contribution is -0.137. The Bertz CT molecular complexity index is 524. The Kier molecular flexibility index (Phi) is 3.57. The predicted molar refractivity (Wildman–Crippen MR) is 79.5 cm³/mol. The third-order valence-corrected chi connectivity index (χ3v) is 3.86. The molecule has 1 atom stereocenters. The van der Waals surface area contributed by atoms with Crippen molar-refractivity contribution >= 4 is 5.97 Å². The van der Waals surface area contributed by atoms with Crippen molar-refractivity contribution < 1.29 is 14.6 Å². The number of rotatable bonds is 2. The van der Waals surface area contributed by atoms with Gasteiger partial charge in [0.25, 0.3) is 0 Å². The van der Waals surface area contributed by atoms with E-state index in [2.05, 4.69) is 32.9 Å². The summed E-state index contributed by atoms with van der Waals surface area (Å²) in [6.45, 7) is 10.5. The molecule has 1 aromatic carbocycles. The maximum Gasteiger partial charge on any atom is 0.303 e. The molecule has 0 radical (unpaired) electrons. The SMILES string of the molecule is CC1(C)CC(CC(=O)O)c2cc(C(C)(C)C)ccc2O1. The average Bonchev–Trinajstić information content (AvgIpc) is 2.24. The van der Waals surface area contributed by atoms with Crippen LogP contribution in [-0.4, -0.2) is 16.7 Å². The average molecular weight is 276 g/mol. The molecule has 110 valence electrons. The second-order valence-corrected chi connectivity index (χ2v) is 7.36. The van der Waals surface area contributed by atoms with Crippen LogP contribution in [0.1, 0.15) is 64.5 Å². The first-order valence-corrected chi connectivity index (χ1v) is 7.14. The second kappa shape index (κ2) is 4.80. The zero-order chi connectivity index (χ0) is 15.1. The summed E-state index contributed by atoms with van der Waals surface area (Å²) in [5.41, 5.74) is 2.00. The van der Waals surface area contributed by atoms with Gasteiger partial charge in [0.05, 0.1) is 6.42 Å². The van der Waals surface area contributed by atoms with Gasteiger partial charge in [-0.15, -0.1) is 0 Å². The maximum absolute atomic E-state index is 11.1. The summed E-state index contributed by atoms with van der Waals surface area (Å²) in [5.74, 6) is 0.105. The molecule has 20 heavy (non-hydrogen) atoms. The number of carbonyl (C=O) groups is 1. The minimum Gasteiger partial charge on any atom is -0.488 e. The van der Waals surface area contributed by atoms with E-state index in [4.69, 9.17) is 9.84 Å². The van der Waals surface area contributed by atoms with Crippen LogP contribution in [0.2, 0.25) is 0 Å². The van der Waals surface area contributed by atoms with Gasteiger partial charge in [-0.25, -0.2) is 0 Å². The van der Waals surface area contributed by atoms with Gasteiger partial charge in [-0.05, 0) is 42.9 Å². The molecule has 0 amide bonds. The van der Waals surface area contributed by atoms with Crippen molar-refractivity contribution in [3.8, 4) is 5.75 Å². The number of fused-ring (bicyclic) bond motifs is 1. The number of carboxylic acid groups (broad SMARTS) is 1. The Hall–Kier alpha value is -1.51. The zero-order valence-corrected chi connectivity index (χ0v) is 13.0. The molecular weight excluding hydrogens is 252 g/mol. The molecule has 1 N–H and O–H groups in total. The van der Waals surface area contributed by atoms with Crippen LogP contribution in [0, 0.1) is 0 Å². The van der Waals surface area contributed by atoms with E-state index >= 15 is 0 Å². The Balaban J connectivity index is 2.46. The van der Waals surface area contributed by atoms with E-state index in [0.29, 0.717) is 0 Å². The van der Waals surface area contributed by atoms with Crippen molar-refractivity contribution in [2.45, 2.75) is 64.4 Å². The van der Waals surface area contributed by atoms with Gasteiger partial charge in [0.1, 0.15) is 11.4 Å². The molecule has 0 aliphatic carbocycles. The standard InChI is InChI=1S/C17H24O3/c1-16(2,3)12-6-7-14-13(9-12)11(8-15(18)19)10-17(4,5)20-14/h6-7,9,11H,8,10H2,1-5H3,(H,18,19). The highest BCUT2D eigenvalue weighted by molar-refractivity contribution is 5.68. The van der Waals surface area contributed by atoms with Gasteiger partial charge >= 0.3 is 5.97 Å². The van der Waals surface area contributed by atoms with Gasteiger partial charge in [0.2, 0.25) is 0 Å². The highest BCUT2D eigenvalue weighted by Crippen LogP contribution is 2.43. The molecule has 0 saturated carbocycles. The van der Waals surface area contributed by atoms with Crippen molar-refractivity contribution in [1.82, 2.24) is 0 Å².